The van der Waals surface area contributed by atoms with E-state index in [2.05, 4.69) is 17.1 Å². The van der Waals surface area contributed by atoms with Crippen LogP contribution in [0.15, 0.2) is 0 Å². The van der Waals surface area contributed by atoms with Crippen molar-refractivity contribution in [3.63, 3.8) is 0 Å². The molecule has 0 amide bonds. The number of ether oxygens (including phenoxy) is 1. The first kappa shape index (κ1) is 15.1. The van der Waals surface area contributed by atoms with Crippen molar-refractivity contribution in [1.82, 2.24) is 5.32 Å². The fourth-order valence-corrected chi connectivity index (χ4v) is 5.45. The summed E-state index contributed by atoms with van der Waals surface area (Å²) < 4.78 is 6.18. The van der Waals surface area contributed by atoms with Crippen molar-refractivity contribution in [2.45, 2.75) is 69.1 Å². The Kier molecular flexibility index (Phi) is 5.29. The van der Waals surface area contributed by atoms with Crippen LogP contribution >= 0.6 is 11.8 Å². The predicted molar refractivity (Wildman–Crippen MR) is 84.2 cm³/mol. The Bertz CT molecular complexity index is 301. The van der Waals surface area contributed by atoms with Crippen LogP contribution in [0.1, 0.15) is 51.4 Å². The van der Waals surface area contributed by atoms with Gasteiger partial charge in [0, 0.05) is 25.3 Å². The third-order valence-electron chi connectivity index (χ3n) is 5.49. The second kappa shape index (κ2) is 6.99. The molecule has 2 heterocycles. The molecule has 3 atom stereocenters. The number of aliphatic hydroxyl groups is 1. The molecule has 0 radical (unpaired) electrons. The van der Waals surface area contributed by atoms with Crippen LogP contribution in [0.2, 0.25) is 0 Å². The third kappa shape index (κ3) is 3.52. The second-order valence-corrected chi connectivity index (χ2v) is 8.06. The molecule has 2 N–H and O–H groups in total. The van der Waals surface area contributed by atoms with Gasteiger partial charge in [-0.05, 0) is 55.9 Å². The molecule has 0 aromatic heterocycles. The minimum atomic E-state index is 0.171. The highest BCUT2D eigenvalue weighted by atomic mass is 32.2. The standard InChI is InChI=1S/C16H29NO2S/c18-12-13-3-1-2-4-15(13)17-14-5-8-19-16(11-14)6-9-20-10-7-16/h13-15,17-18H,1-12H2. The number of hydrogen-bond acceptors (Lipinski definition) is 4. The van der Waals surface area contributed by atoms with Gasteiger partial charge in [-0.25, -0.2) is 0 Å². The minimum absolute atomic E-state index is 0.171. The van der Waals surface area contributed by atoms with Gasteiger partial charge in [0.1, 0.15) is 0 Å². The van der Waals surface area contributed by atoms with E-state index >= 15 is 0 Å². The first-order valence-corrected chi connectivity index (χ1v) is 9.55. The van der Waals surface area contributed by atoms with E-state index in [0.29, 0.717) is 24.6 Å². The average Bonchev–Trinajstić information content (AvgIpc) is 2.49. The highest BCUT2D eigenvalue weighted by Crippen LogP contribution is 2.38. The quantitative estimate of drug-likeness (QED) is 0.840. The van der Waals surface area contributed by atoms with Gasteiger partial charge in [0.25, 0.3) is 0 Å². The molecule has 0 bridgehead atoms. The Balaban J connectivity index is 1.56. The zero-order valence-corrected chi connectivity index (χ0v) is 13.3. The molecule has 0 aromatic carbocycles. The lowest BCUT2D eigenvalue weighted by atomic mass is 9.82. The highest BCUT2D eigenvalue weighted by molar-refractivity contribution is 7.99. The molecule has 3 unspecified atom stereocenters. The maximum Gasteiger partial charge on any atom is 0.0713 e. The van der Waals surface area contributed by atoms with E-state index in [0.717, 1.165) is 13.0 Å². The van der Waals surface area contributed by atoms with E-state index in [1.807, 2.05) is 0 Å². The fraction of sp³-hybridized carbons (Fsp3) is 1.00. The molecule has 0 aromatic rings. The van der Waals surface area contributed by atoms with Crippen molar-refractivity contribution < 1.29 is 9.84 Å². The smallest absolute Gasteiger partial charge is 0.0713 e. The molecule has 3 fully saturated rings. The van der Waals surface area contributed by atoms with Crippen molar-refractivity contribution >= 4 is 11.8 Å². The minimum Gasteiger partial charge on any atom is -0.396 e. The maximum atomic E-state index is 9.57. The van der Waals surface area contributed by atoms with Gasteiger partial charge in [0.05, 0.1) is 5.60 Å². The van der Waals surface area contributed by atoms with Crippen molar-refractivity contribution in [3.05, 3.63) is 0 Å². The van der Waals surface area contributed by atoms with Gasteiger partial charge in [-0.15, -0.1) is 0 Å². The summed E-state index contributed by atoms with van der Waals surface area (Å²) in [5, 5.41) is 13.4. The number of nitrogens with one attached hydrogen (secondary N) is 1. The molecule has 3 aliphatic rings. The molecule has 20 heavy (non-hydrogen) atoms. The normalized spacial score (nSPS) is 38.0. The Labute approximate surface area is 127 Å². The molecule has 2 saturated heterocycles. The molecular weight excluding hydrogens is 270 g/mol. The highest BCUT2D eigenvalue weighted by Gasteiger charge is 2.39. The van der Waals surface area contributed by atoms with Crippen LogP contribution in [0.5, 0.6) is 0 Å². The molecular formula is C16H29NO2S. The SMILES string of the molecule is OCC1CCCCC1NC1CCOC2(CCSCC2)C1. The zero-order valence-electron chi connectivity index (χ0n) is 12.5. The van der Waals surface area contributed by atoms with Crippen LogP contribution in [-0.2, 0) is 4.74 Å². The predicted octanol–water partition coefficient (Wildman–Crippen LogP) is 2.57. The van der Waals surface area contributed by atoms with Gasteiger partial charge in [-0.3, -0.25) is 0 Å². The van der Waals surface area contributed by atoms with Gasteiger partial charge in [-0.2, -0.15) is 11.8 Å². The lowest BCUT2D eigenvalue weighted by Gasteiger charge is -2.45. The fourth-order valence-electron chi connectivity index (χ4n) is 4.21. The Morgan fingerprint density at radius 1 is 1.15 bits per heavy atom. The number of hydrogen-bond donors (Lipinski definition) is 2. The van der Waals surface area contributed by atoms with Crippen LogP contribution < -0.4 is 5.32 Å². The van der Waals surface area contributed by atoms with Crippen molar-refractivity contribution in [1.29, 1.82) is 0 Å². The van der Waals surface area contributed by atoms with Crippen LogP contribution in [0.4, 0.5) is 0 Å². The first-order chi connectivity index (χ1) is 9.81. The van der Waals surface area contributed by atoms with Crippen molar-refractivity contribution in [3.8, 4) is 0 Å². The van der Waals surface area contributed by atoms with Crippen LogP contribution in [0.25, 0.3) is 0 Å². The summed E-state index contributed by atoms with van der Waals surface area (Å²) in [6.07, 6.45) is 9.82. The molecule has 1 aliphatic carbocycles. The molecule has 1 saturated carbocycles. The van der Waals surface area contributed by atoms with Crippen LogP contribution in [-0.4, -0.2) is 47.5 Å². The average molecular weight is 299 g/mol. The third-order valence-corrected chi connectivity index (χ3v) is 6.48. The lowest BCUT2D eigenvalue weighted by Crippen LogP contribution is -2.53. The second-order valence-electron chi connectivity index (χ2n) is 6.83. The van der Waals surface area contributed by atoms with E-state index in [1.165, 1.54) is 56.5 Å². The molecule has 4 heteroatoms. The van der Waals surface area contributed by atoms with E-state index in [-0.39, 0.29) is 5.60 Å². The van der Waals surface area contributed by atoms with Gasteiger partial charge in [0.15, 0.2) is 0 Å². The van der Waals surface area contributed by atoms with Crippen LogP contribution in [0, 0.1) is 5.92 Å². The summed E-state index contributed by atoms with van der Waals surface area (Å²) in [7, 11) is 0. The Hall–Kier alpha value is 0.230. The maximum absolute atomic E-state index is 9.57. The largest absolute Gasteiger partial charge is 0.396 e. The number of rotatable bonds is 3. The van der Waals surface area contributed by atoms with Crippen molar-refractivity contribution in [2.24, 2.45) is 5.92 Å². The topological polar surface area (TPSA) is 41.5 Å². The summed E-state index contributed by atoms with van der Waals surface area (Å²) >= 11 is 2.07. The summed E-state index contributed by atoms with van der Waals surface area (Å²) in [6.45, 7) is 1.27. The van der Waals surface area contributed by atoms with E-state index in [9.17, 15) is 5.11 Å². The molecule has 3 nitrogen and oxygen atoms in total. The summed E-state index contributed by atoms with van der Waals surface area (Å²) in [5.41, 5.74) is 0.171. The van der Waals surface area contributed by atoms with E-state index < -0.39 is 0 Å². The summed E-state index contributed by atoms with van der Waals surface area (Å²) in [6, 6.07) is 1.14. The summed E-state index contributed by atoms with van der Waals surface area (Å²) in [5.74, 6) is 3.00. The molecule has 116 valence electrons. The lowest BCUT2D eigenvalue weighted by molar-refractivity contribution is -0.0955. The summed E-state index contributed by atoms with van der Waals surface area (Å²) in [4.78, 5) is 0. The van der Waals surface area contributed by atoms with Gasteiger partial charge in [-0.1, -0.05) is 12.8 Å². The van der Waals surface area contributed by atoms with Gasteiger partial charge in [0.2, 0.25) is 0 Å². The first-order valence-electron chi connectivity index (χ1n) is 8.40. The Morgan fingerprint density at radius 2 is 1.95 bits per heavy atom. The van der Waals surface area contributed by atoms with E-state index in [1.54, 1.807) is 0 Å². The van der Waals surface area contributed by atoms with Gasteiger partial charge >= 0.3 is 0 Å². The van der Waals surface area contributed by atoms with Gasteiger partial charge < -0.3 is 15.2 Å². The number of aliphatic hydroxyl groups excluding tert-OH is 1. The number of thioether (sulfide) groups is 1. The van der Waals surface area contributed by atoms with E-state index in [4.69, 9.17) is 4.74 Å². The van der Waals surface area contributed by atoms with Crippen LogP contribution in [0.3, 0.4) is 0 Å². The molecule has 1 spiro atoms. The molecule has 3 rings (SSSR count). The molecule has 2 aliphatic heterocycles. The monoisotopic (exact) mass is 299 g/mol. The Morgan fingerprint density at radius 3 is 2.75 bits per heavy atom. The van der Waals surface area contributed by atoms with Crippen molar-refractivity contribution in [2.75, 3.05) is 24.7 Å². The zero-order chi connectivity index (χ0) is 13.8.